The van der Waals surface area contributed by atoms with Crippen LogP contribution in [-0.4, -0.2) is 63.3 Å². The summed E-state index contributed by atoms with van der Waals surface area (Å²) in [5.74, 6) is 1.74. The first-order chi connectivity index (χ1) is 18.3. The normalized spacial score (nSPS) is 27.0. The molecule has 2 aliphatic heterocycles. The molecule has 1 aliphatic carbocycles. The van der Waals surface area contributed by atoms with Gasteiger partial charge >= 0.3 is 5.97 Å². The number of benzene rings is 1. The lowest BCUT2D eigenvalue weighted by Crippen LogP contribution is -2.58. The predicted molar refractivity (Wildman–Crippen MR) is 155 cm³/mol. The second-order valence-corrected chi connectivity index (χ2v) is 13.4. The van der Waals surface area contributed by atoms with Crippen molar-refractivity contribution in [3.63, 3.8) is 0 Å². The van der Waals surface area contributed by atoms with Crippen molar-refractivity contribution < 1.29 is 15.0 Å². The molecule has 39 heavy (non-hydrogen) atoms. The molecule has 1 aromatic carbocycles. The SMILES string of the molecule is C[C@@H](Nc1nc(N2CC([C@H]3CCCN([C@H]4C[C@](C)(C(=O)O)C4)C3)C2)ncc1C(C)(C)O)c1ccc(Cl)cc1Cl. The lowest BCUT2D eigenvalue weighted by molar-refractivity contribution is -0.158. The number of carbonyl (C=O) groups is 1. The number of nitrogens with one attached hydrogen (secondary N) is 1. The van der Waals surface area contributed by atoms with Crippen molar-refractivity contribution in [2.24, 2.45) is 17.3 Å². The van der Waals surface area contributed by atoms with Crippen molar-refractivity contribution in [2.45, 2.75) is 71.1 Å². The number of carboxylic acids is 1. The monoisotopic (exact) mass is 575 g/mol. The number of halogens is 2. The van der Waals surface area contributed by atoms with Gasteiger partial charge in [-0.15, -0.1) is 0 Å². The van der Waals surface area contributed by atoms with Crippen LogP contribution in [0, 0.1) is 17.3 Å². The Morgan fingerprint density at radius 3 is 2.56 bits per heavy atom. The fourth-order valence-electron chi connectivity index (χ4n) is 6.36. The molecular weight excluding hydrogens is 537 g/mol. The van der Waals surface area contributed by atoms with E-state index in [0.717, 1.165) is 51.0 Å². The largest absolute Gasteiger partial charge is 0.481 e. The van der Waals surface area contributed by atoms with Crippen LogP contribution in [0.15, 0.2) is 24.4 Å². The van der Waals surface area contributed by atoms with E-state index in [-0.39, 0.29) is 6.04 Å². The van der Waals surface area contributed by atoms with E-state index in [1.165, 1.54) is 6.42 Å². The predicted octanol–water partition coefficient (Wildman–Crippen LogP) is 5.59. The molecular formula is C29H39Cl2N5O3. The number of aliphatic carboxylic acids is 1. The van der Waals surface area contributed by atoms with Gasteiger partial charge in [-0.3, -0.25) is 4.79 Å². The number of aliphatic hydroxyl groups is 1. The highest BCUT2D eigenvalue weighted by molar-refractivity contribution is 6.35. The average Bonchev–Trinajstić information content (AvgIpc) is 2.80. The van der Waals surface area contributed by atoms with E-state index in [1.54, 1.807) is 26.1 Å². The minimum atomic E-state index is -1.12. The van der Waals surface area contributed by atoms with Crippen LogP contribution in [0.25, 0.3) is 0 Å². The zero-order valence-corrected chi connectivity index (χ0v) is 24.6. The topological polar surface area (TPSA) is 102 Å². The number of anilines is 2. The summed E-state index contributed by atoms with van der Waals surface area (Å²) >= 11 is 12.5. The molecule has 2 aromatic rings. The Bertz CT molecular complexity index is 1220. The minimum absolute atomic E-state index is 0.162. The maximum Gasteiger partial charge on any atom is 0.309 e. The Labute approximate surface area is 240 Å². The minimum Gasteiger partial charge on any atom is -0.481 e. The molecule has 0 amide bonds. The number of carboxylic acid groups (broad SMARTS) is 1. The molecule has 0 radical (unpaired) electrons. The highest BCUT2D eigenvalue weighted by atomic mass is 35.5. The summed E-state index contributed by atoms with van der Waals surface area (Å²) < 4.78 is 0. The second-order valence-electron chi connectivity index (χ2n) is 12.5. The molecule has 10 heteroatoms. The summed E-state index contributed by atoms with van der Waals surface area (Å²) in [5.41, 5.74) is -0.161. The molecule has 3 fully saturated rings. The molecule has 0 spiro atoms. The first kappa shape index (κ1) is 28.4. The van der Waals surface area contributed by atoms with Crippen LogP contribution in [0.1, 0.15) is 70.5 Å². The van der Waals surface area contributed by atoms with Crippen LogP contribution < -0.4 is 10.2 Å². The number of nitrogens with zero attached hydrogens (tertiary/aromatic N) is 4. The van der Waals surface area contributed by atoms with Gasteiger partial charge in [0, 0.05) is 47.5 Å². The van der Waals surface area contributed by atoms with Crippen LogP contribution >= 0.6 is 23.2 Å². The molecule has 1 saturated carbocycles. The maximum absolute atomic E-state index is 11.5. The Hall–Kier alpha value is -2.13. The van der Waals surface area contributed by atoms with E-state index >= 15 is 0 Å². The van der Waals surface area contributed by atoms with Gasteiger partial charge in [-0.05, 0) is 89.5 Å². The van der Waals surface area contributed by atoms with Crippen molar-refractivity contribution in [2.75, 3.05) is 36.4 Å². The molecule has 212 valence electrons. The molecule has 3 aliphatic rings. The Kier molecular flexibility index (Phi) is 7.79. The van der Waals surface area contributed by atoms with Gasteiger partial charge in [-0.1, -0.05) is 29.3 Å². The van der Waals surface area contributed by atoms with E-state index in [9.17, 15) is 15.0 Å². The third kappa shape index (κ3) is 5.85. The van der Waals surface area contributed by atoms with Gasteiger partial charge < -0.3 is 25.3 Å². The summed E-state index contributed by atoms with van der Waals surface area (Å²) in [6, 6.07) is 5.67. The summed E-state index contributed by atoms with van der Waals surface area (Å²) in [7, 11) is 0. The van der Waals surface area contributed by atoms with Crippen molar-refractivity contribution in [1.82, 2.24) is 14.9 Å². The summed E-state index contributed by atoms with van der Waals surface area (Å²) in [6.07, 6.45) is 5.60. The van der Waals surface area contributed by atoms with Gasteiger partial charge in [0.15, 0.2) is 0 Å². The highest BCUT2D eigenvalue weighted by Crippen LogP contribution is 2.45. The summed E-state index contributed by atoms with van der Waals surface area (Å²) in [4.78, 5) is 25.7. The third-order valence-corrected chi connectivity index (χ3v) is 9.53. The molecule has 0 bridgehead atoms. The lowest BCUT2D eigenvalue weighted by Gasteiger charge is -2.52. The van der Waals surface area contributed by atoms with Crippen LogP contribution in [-0.2, 0) is 10.4 Å². The maximum atomic E-state index is 11.5. The van der Waals surface area contributed by atoms with Gasteiger partial charge in [-0.2, -0.15) is 4.98 Å². The number of hydrogen-bond acceptors (Lipinski definition) is 7. The van der Waals surface area contributed by atoms with Crippen molar-refractivity contribution in [1.29, 1.82) is 0 Å². The molecule has 3 heterocycles. The zero-order chi connectivity index (χ0) is 28.1. The number of piperidine rings is 1. The number of hydrogen-bond donors (Lipinski definition) is 3. The first-order valence-corrected chi connectivity index (χ1v) is 14.6. The summed E-state index contributed by atoms with van der Waals surface area (Å²) in [6.45, 7) is 11.2. The number of rotatable bonds is 8. The van der Waals surface area contributed by atoms with Crippen molar-refractivity contribution in [3.8, 4) is 0 Å². The van der Waals surface area contributed by atoms with E-state index in [2.05, 4.69) is 20.1 Å². The quantitative estimate of drug-likeness (QED) is 0.374. The fraction of sp³-hybridized carbons (Fsp3) is 0.621. The zero-order valence-electron chi connectivity index (χ0n) is 23.1. The molecule has 2 atom stereocenters. The molecule has 2 saturated heterocycles. The fourth-order valence-corrected chi connectivity index (χ4v) is 6.93. The van der Waals surface area contributed by atoms with Gasteiger partial charge in [-0.25, -0.2) is 4.98 Å². The van der Waals surface area contributed by atoms with Gasteiger partial charge in [0.2, 0.25) is 5.95 Å². The van der Waals surface area contributed by atoms with E-state index in [0.29, 0.717) is 45.3 Å². The average molecular weight is 577 g/mol. The standard InChI is InChI=1S/C29H39Cl2N5O3/c1-17(22-8-7-20(30)10-24(22)31)33-25-23(28(2,3)39)13-32-27(34-25)36-15-19(16-36)18-6-5-9-35(14-18)21-11-29(4,12-21)26(37)38/h7-8,10,13,17-19,21,39H,5-6,9,11-12,14-16H2,1-4H3,(H,37,38)(H,32,33,34)/t17-,18+,21-,29-/m1/s1. The van der Waals surface area contributed by atoms with E-state index in [1.807, 2.05) is 26.0 Å². The molecule has 1 aromatic heterocycles. The second kappa shape index (κ2) is 10.7. The molecule has 3 N–H and O–H groups in total. The van der Waals surface area contributed by atoms with Gasteiger partial charge in [0.05, 0.1) is 17.1 Å². The molecule has 0 unspecified atom stereocenters. The third-order valence-electron chi connectivity index (χ3n) is 8.97. The molecule has 8 nitrogen and oxygen atoms in total. The van der Waals surface area contributed by atoms with Gasteiger partial charge in [0.25, 0.3) is 0 Å². The Morgan fingerprint density at radius 1 is 1.21 bits per heavy atom. The highest BCUT2D eigenvalue weighted by Gasteiger charge is 2.49. The number of aromatic nitrogens is 2. The van der Waals surface area contributed by atoms with Gasteiger partial charge in [0.1, 0.15) is 5.82 Å². The lowest BCUT2D eigenvalue weighted by atomic mass is 9.65. The van der Waals surface area contributed by atoms with Crippen LogP contribution in [0.2, 0.25) is 10.0 Å². The van der Waals surface area contributed by atoms with Crippen molar-refractivity contribution >= 4 is 40.9 Å². The van der Waals surface area contributed by atoms with Crippen LogP contribution in [0.5, 0.6) is 0 Å². The summed E-state index contributed by atoms with van der Waals surface area (Å²) in [5, 5.41) is 24.9. The van der Waals surface area contributed by atoms with E-state index < -0.39 is 17.0 Å². The smallest absolute Gasteiger partial charge is 0.309 e. The van der Waals surface area contributed by atoms with E-state index in [4.69, 9.17) is 28.2 Å². The first-order valence-electron chi connectivity index (χ1n) is 13.9. The number of likely N-dealkylation sites (tertiary alicyclic amines) is 1. The Morgan fingerprint density at radius 2 is 1.92 bits per heavy atom. The van der Waals surface area contributed by atoms with Crippen molar-refractivity contribution in [3.05, 3.63) is 45.6 Å². The molecule has 5 rings (SSSR count). The Balaban J connectivity index is 1.24. The van der Waals surface area contributed by atoms with Crippen LogP contribution in [0.3, 0.4) is 0 Å². The van der Waals surface area contributed by atoms with Crippen LogP contribution in [0.4, 0.5) is 11.8 Å².